The molecular weight excluding hydrogens is 440 g/mol. The summed E-state index contributed by atoms with van der Waals surface area (Å²) in [5.74, 6) is -0.0253. The van der Waals surface area contributed by atoms with Crippen LogP contribution in [0.1, 0.15) is 52.0 Å². The van der Waals surface area contributed by atoms with Crippen molar-refractivity contribution in [3.63, 3.8) is 0 Å². The minimum Gasteiger partial charge on any atom is -0.346 e. The van der Waals surface area contributed by atoms with Gasteiger partial charge in [0.2, 0.25) is 10.0 Å². The van der Waals surface area contributed by atoms with E-state index < -0.39 is 10.0 Å². The van der Waals surface area contributed by atoms with Gasteiger partial charge in [-0.3, -0.25) is 14.5 Å². The number of Topliss-reactive ketones (excluding diaryl/α,β-unsaturated/α-hetero) is 1. The largest absolute Gasteiger partial charge is 0.346 e. The highest BCUT2D eigenvalue weighted by Crippen LogP contribution is 2.21. The molecule has 0 atom stereocenters. The van der Waals surface area contributed by atoms with Gasteiger partial charge >= 0.3 is 0 Å². The highest BCUT2D eigenvalue weighted by Gasteiger charge is 2.26. The Morgan fingerprint density at radius 1 is 1.00 bits per heavy atom. The number of sulfonamides is 1. The Morgan fingerprint density at radius 3 is 2.06 bits per heavy atom. The Kier molecular flexibility index (Phi) is 7.45. The van der Waals surface area contributed by atoms with E-state index in [4.69, 9.17) is 0 Å². The van der Waals surface area contributed by atoms with Crippen LogP contribution in [0, 0.1) is 13.8 Å². The number of aryl methyl sites for hydroxylation is 1. The smallest absolute Gasteiger partial charge is 0.253 e. The van der Waals surface area contributed by atoms with Crippen LogP contribution in [0.5, 0.6) is 0 Å². The lowest BCUT2D eigenvalue weighted by Gasteiger charge is -2.34. The minimum absolute atomic E-state index is 0.104. The molecule has 8 nitrogen and oxygen atoms in total. The van der Waals surface area contributed by atoms with E-state index in [-0.39, 0.29) is 16.6 Å². The molecule has 0 bridgehead atoms. The fourth-order valence-electron chi connectivity index (χ4n) is 4.41. The Labute approximate surface area is 196 Å². The highest BCUT2D eigenvalue weighted by molar-refractivity contribution is 7.89. The number of ketones is 1. The van der Waals surface area contributed by atoms with Crippen LogP contribution in [-0.4, -0.2) is 85.6 Å². The normalized spacial score (nSPS) is 15.5. The van der Waals surface area contributed by atoms with Gasteiger partial charge in [-0.1, -0.05) is 0 Å². The summed E-state index contributed by atoms with van der Waals surface area (Å²) in [5, 5.41) is 0. The van der Waals surface area contributed by atoms with Crippen LogP contribution < -0.4 is 0 Å². The summed E-state index contributed by atoms with van der Waals surface area (Å²) in [6.45, 7) is 10.9. The van der Waals surface area contributed by atoms with Gasteiger partial charge in [0.05, 0.1) is 11.4 Å². The summed E-state index contributed by atoms with van der Waals surface area (Å²) >= 11 is 0. The molecule has 1 aliphatic rings. The van der Waals surface area contributed by atoms with E-state index in [0.29, 0.717) is 44.3 Å². The van der Waals surface area contributed by atoms with Gasteiger partial charge in [0.15, 0.2) is 5.78 Å². The quantitative estimate of drug-likeness (QED) is 0.576. The molecular formula is C24H34N4O4S. The second-order valence-corrected chi connectivity index (χ2v) is 11.2. The monoisotopic (exact) mass is 474 g/mol. The Bertz CT molecular complexity index is 1130. The lowest BCUT2D eigenvalue weighted by molar-refractivity contribution is 0.0624. The van der Waals surface area contributed by atoms with Crippen molar-refractivity contribution in [1.82, 2.24) is 18.7 Å². The second-order valence-electron chi connectivity index (χ2n) is 9.05. The summed E-state index contributed by atoms with van der Waals surface area (Å²) in [7, 11) is -0.581. The number of amides is 1. The number of hydrogen-bond donors (Lipinski definition) is 0. The fraction of sp³-hybridized carbons (Fsp3) is 0.500. The number of piperazine rings is 1. The molecule has 0 unspecified atom stereocenters. The molecule has 2 aromatic rings. The predicted octanol–water partition coefficient (Wildman–Crippen LogP) is 2.58. The van der Waals surface area contributed by atoms with E-state index in [1.54, 1.807) is 17.0 Å². The van der Waals surface area contributed by atoms with Gasteiger partial charge < -0.3 is 9.47 Å². The average Bonchev–Trinajstić information content (AvgIpc) is 3.08. The average molecular weight is 475 g/mol. The number of nitrogens with zero attached hydrogens (tertiary/aromatic N) is 4. The summed E-state index contributed by atoms with van der Waals surface area (Å²) in [6.07, 6.45) is 0. The number of aromatic nitrogens is 1. The third kappa shape index (κ3) is 5.20. The van der Waals surface area contributed by atoms with E-state index in [9.17, 15) is 18.0 Å². The third-order valence-electron chi connectivity index (χ3n) is 6.21. The number of rotatable bonds is 7. The number of carbonyl (C=O) groups is 2. The molecule has 1 amide bonds. The van der Waals surface area contributed by atoms with Crippen molar-refractivity contribution in [3.8, 4) is 0 Å². The van der Waals surface area contributed by atoms with E-state index in [1.807, 2.05) is 19.9 Å². The van der Waals surface area contributed by atoms with Crippen molar-refractivity contribution in [1.29, 1.82) is 0 Å². The molecule has 0 saturated carbocycles. The maximum Gasteiger partial charge on any atom is 0.253 e. The molecule has 180 valence electrons. The lowest BCUT2D eigenvalue weighted by Crippen LogP contribution is -2.49. The van der Waals surface area contributed by atoms with Gasteiger partial charge in [0.25, 0.3) is 5.91 Å². The predicted molar refractivity (Wildman–Crippen MR) is 128 cm³/mol. The molecule has 0 aliphatic carbocycles. The van der Waals surface area contributed by atoms with Crippen LogP contribution in [0.3, 0.4) is 0 Å². The van der Waals surface area contributed by atoms with Gasteiger partial charge in [0.1, 0.15) is 0 Å². The van der Waals surface area contributed by atoms with Crippen molar-refractivity contribution < 1.29 is 18.0 Å². The number of benzene rings is 1. The van der Waals surface area contributed by atoms with E-state index >= 15 is 0 Å². The molecule has 1 aromatic heterocycles. The molecule has 0 N–H and O–H groups in total. The van der Waals surface area contributed by atoms with E-state index in [0.717, 1.165) is 21.3 Å². The van der Waals surface area contributed by atoms with Crippen LogP contribution in [-0.2, 0) is 10.0 Å². The van der Waals surface area contributed by atoms with Gasteiger partial charge in [-0.2, -0.15) is 0 Å². The van der Waals surface area contributed by atoms with Gasteiger partial charge in [-0.25, -0.2) is 12.7 Å². The van der Waals surface area contributed by atoms with Crippen LogP contribution in [0.25, 0.3) is 0 Å². The molecule has 1 saturated heterocycles. The zero-order valence-corrected chi connectivity index (χ0v) is 21.1. The van der Waals surface area contributed by atoms with Crippen LogP contribution >= 0.6 is 0 Å². The molecule has 33 heavy (non-hydrogen) atoms. The van der Waals surface area contributed by atoms with Crippen molar-refractivity contribution in [2.45, 2.75) is 38.6 Å². The maximum atomic E-state index is 12.9. The van der Waals surface area contributed by atoms with Gasteiger partial charge in [0, 0.05) is 68.8 Å². The van der Waals surface area contributed by atoms with Crippen molar-refractivity contribution >= 4 is 21.7 Å². The van der Waals surface area contributed by atoms with E-state index in [2.05, 4.69) is 23.3 Å². The summed E-state index contributed by atoms with van der Waals surface area (Å²) in [4.78, 5) is 29.8. The first-order chi connectivity index (χ1) is 15.4. The zero-order valence-electron chi connectivity index (χ0n) is 20.3. The molecule has 2 heterocycles. The van der Waals surface area contributed by atoms with Gasteiger partial charge in [-0.05, 0) is 58.0 Å². The molecule has 3 rings (SSSR count). The summed E-state index contributed by atoms with van der Waals surface area (Å²) in [5.41, 5.74) is 3.32. The molecule has 1 fully saturated rings. The number of hydrogen-bond acceptors (Lipinski definition) is 5. The van der Waals surface area contributed by atoms with Crippen LogP contribution in [0.15, 0.2) is 35.2 Å². The van der Waals surface area contributed by atoms with Crippen molar-refractivity contribution in [3.05, 3.63) is 52.8 Å². The van der Waals surface area contributed by atoms with Crippen molar-refractivity contribution in [2.75, 3.05) is 46.8 Å². The van der Waals surface area contributed by atoms with Crippen molar-refractivity contribution in [2.24, 2.45) is 0 Å². The first kappa shape index (κ1) is 25.1. The second kappa shape index (κ2) is 9.79. The number of carbonyl (C=O) groups excluding carboxylic acids is 2. The Morgan fingerprint density at radius 2 is 1.58 bits per heavy atom. The topological polar surface area (TPSA) is 82.9 Å². The van der Waals surface area contributed by atoms with Crippen LogP contribution in [0.2, 0.25) is 0 Å². The minimum atomic E-state index is -3.53. The zero-order chi connectivity index (χ0) is 24.5. The SMILES string of the molecule is Cc1cc(C(=O)CN2CCN(C(=O)c3ccc(S(=O)(=O)N(C)C)cc3)CC2)c(C)n1C(C)C. The molecule has 9 heteroatoms. The highest BCUT2D eigenvalue weighted by atomic mass is 32.2. The Balaban J connectivity index is 1.59. The first-order valence-electron chi connectivity index (χ1n) is 11.2. The third-order valence-corrected chi connectivity index (χ3v) is 8.04. The van der Waals surface area contributed by atoms with Crippen LogP contribution in [0.4, 0.5) is 0 Å². The molecule has 0 radical (unpaired) electrons. The fourth-order valence-corrected chi connectivity index (χ4v) is 5.32. The maximum absolute atomic E-state index is 12.9. The van der Waals surface area contributed by atoms with E-state index in [1.165, 1.54) is 26.2 Å². The molecule has 0 spiro atoms. The Hall–Kier alpha value is -2.49. The van der Waals surface area contributed by atoms with Gasteiger partial charge in [-0.15, -0.1) is 0 Å². The lowest BCUT2D eigenvalue weighted by atomic mass is 10.1. The summed E-state index contributed by atoms with van der Waals surface area (Å²) in [6, 6.07) is 8.31. The summed E-state index contributed by atoms with van der Waals surface area (Å²) < 4.78 is 27.7. The molecule has 1 aromatic carbocycles. The molecule has 1 aliphatic heterocycles. The standard InChI is InChI=1S/C24H34N4O4S/c1-17(2)28-18(3)15-22(19(28)4)23(29)16-26-11-13-27(14-12-26)24(30)20-7-9-21(10-8-20)33(31,32)25(5)6/h7-10,15,17H,11-14,16H2,1-6H3. The first-order valence-corrected chi connectivity index (χ1v) is 12.6.